The van der Waals surface area contributed by atoms with Crippen LogP contribution in [0.25, 0.3) is 0 Å². The number of carbonyl (C=O) groups is 2. The largest absolute Gasteiger partial charge is 0.478 e. The molecule has 0 fully saturated rings. The fraction of sp³-hybridized carbons (Fsp3) is 0.429. The summed E-state index contributed by atoms with van der Waals surface area (Å²) in [4.78, 5) is 23.0. The van der Waals surface area contributed by atoms with Crippen LogP contribution >= 0.6 is 0 Å². The molecule has 0 heterocycles. The monoisotopic (exact) mass is 285 g/mol. The zero-order valence-corrected chi connectivity index (χ0v) is 11.6. The maximum Gasteiger partial charge on any atom is 0.258 e. The number of ketones is 1. The lowest BCUT2D eigenvalue weighted by Crippen LogP contribution is -2.45. The summed E-state index contributed by atoms with van der Waals surface area (Å²) in [6, 6.07) is 2.62. The van der Waals surface area contributed by atoms with Gasteiger partial charge in [-0.05, 0) is 25.0 Å². The molecule has 1 N–H and O–H groups in total. The van der Waals surface area contributed by atoms with Crippen LogP contribution in [0.3, 0.4) is 0 Å². The van der Waals surface area contributed by atoms with E-state index in [1.54, 1.807) is 13.8 Å². The Bertz CT molecular complexity index is 483. The molecule has 0 radical (unpaired) electrons. The highest BCUT2D eigenvalue weighted by Crippen LogP contribution is 2.20. The molecule has 6 heteroatoms. The SMILES string of the molecule is CC(=O)C(NC(=O)COc1c(F)cccc1F)C(C)C. The Kier molecular flexibility index (Phi) is 5.61. The molecule has 0 aliphatic heterocycles. The average molecular weight is 285 g/mol. The second-order valence-corrected chi connectivity index (χ2v) is 4.74. The third-order valence-corrected chi connectivity index (χ3v) is 2.69. The molecule has 4 nitrogen and oxygen atoms in total. The van der Waals surface area contributed by atoms with Gasteiger partial charge in [0.25, 0.3) is 5.91 Å². The highest BCUT2D eigenvalue weighted by atomic mass is 19.1. The van der Waals surface area contributed by atoms with Crippen molar-refractivity contribution in [2.24, 2.45) is 5.92 Å². The number of hydrogen-bond acceptors (Lipinski definition) is 3. The predicted octanol–water partition coefficient (Wildman–Crippen LogP) is 2.07. The van der Waals surface area contributed by atoms with Gasteiger partial charge in [-0.1, -0.05) is 19.9 Å². The van der Waals surface area contributed by atoms with Crippen molar-refractivity contribution in [2.75, 3.05) is 6.61 Å². The van der Waals surface area contributed by atoms with E-state index in [0.717, 1.165) is 12.1 Å². The molecule has 0 aliphatic rings. The van der Waals surface area contributed by atoms with Crippen LogP contribution < -0.4 is 10.1 Å². The Balaban J connectivity index is 2.62. The second-order valence-electron chi connectivity index (χ2n) is 4.74. The lowest BCUT2D eigenvalue weighted by Gasteiger charge is -2.19. The standard InChI is InChI=1S/C14H17F2NO3/c1-8(2)13(9(3)18)17-12(19)7-20-14-10(15)5-4-6-11(14)16/h4-6,8,13H,7H2,1-3H3,(H,17,19). The van der Waals surface area contributed by atoms with Gasteiger partial charge in [0.05, 0.1) is 6.04 Å². The number of amides is 1. The van der Waals surface area contributed by atoms with Crippen molar-refractivity contribution in [2.45, 2.75) is 26.8 Å². The average Bonchev–Trinajstić information content (AvgIpc) is 2.34. The van der Waals surface area contributed by atoms with Crippen LogP contribution in [0.1, 0.15) is 20.8 Å². The lowest BCUT2D eigenvalue weighted by atomic mass is 10.0. The first-order valence-electron chi connectivity index (χ1n) is 6.19. The van der Waals surface area contributed by atoms with Crippen LogP contribution in [-0.2, 0) is 9.59 Å². The summed E-state index contributed by atoms with van der Waals surface area (Å²) in [5, 5.41) is 2.47. The van der Waals surface area contributed by atoms with Crippen molar-refractivity contribution in [1.29, 1.82) is 0 Å². The molecular formula is C14H17F2NO3. The maximum absolute atomic E-state index is 13.3. The summed E-state index contributed by atoms with van der Waals surface area (Å²) >= 11 is 0. The molecule has 1 aromatic carbocycles. The molecule has 0 aliphatic carbocycles. The number of ether oxygens (including phenoxy) is 1. The van der Waals surface area contributed by atoms with E-state index < -0.39 is 35.9 Å². The number of Topliss-reactive ketones (excluding diaryl/α,β-unsaturated/α-hetero) is 1. The fourth-order valence-electron chi connectivity index (χ4n) is 1.71. The van der Waals surface area contributed by atoms with Crippen LogP contribution in [-0.4, -0.2) is 24.3 Å². The number of para-hydroxylation sites is 1. The Labute approximate surface area is 116 Å². The zero-order chi connectivity index (χ0) is 15.3. The summed E-state index contributed by atoms with van der Waals surface area (Å²) in [5.74, 6) is -3.25. The minimum absolute atomic E-state index is 0.0818. The van der Waals surface area contributed by atoms with Gasteiger partial charge in [0, 0.05) is 0 Å². The van der Waals surface area contributed by atoms with E-state index in [1.807, 2.05) is 0 Å². The smallest absolute Gasteiger partial charge is 0.258 e. The van der Waals surface area contributed by atoms with Crippen molar-refractivity contribution >= 4 is 11.7 Å². The van der Waals surface area contributed by atoms with Gasteiger partial charge in [-0.2, -0.15) is 0 Å². The van der Waals surface area contributed by atoms with Crippen molar-refractivity contribution in [3.05, 3.63) is 29.8 Å². The summed E-state index contributed by atoms with van der Waals surface area (Å²) in [5.41, 5.74) is 0. The van der Waals surface area contributed by atoms with Gasteiger partial charge in [0.1, 0.15) is 0 Å². The molecule has 1 atom stereocenters. The maximum atomic E-state index is 13.3. The Morgan fingerprint density at radius 2 is 1.80 bits per heavy atom. The molecule has 0 spiro atoms. The van der Waals surface area contributed by atoms with Gasteiger partial charge in [-0.25, -0.2) is 8.78 Å². The van der Waals surface area contributed by atoms with Crippen molar-refractivity contribution in [3.8, 4) is 5.75 Å². The van der Waals surface area contributed by atoms with Crippen LogP contribution in [0.15, 0.2) is 18.2 Å². The van der Waals surface area contributed by atoms with Crippen LogP contribution in [0.4, 0.5) is 8.78 Å². The van der Waals surface area contributed by atoms with Crippen LogP contribution in [0, 0.1) is 17.6 Å². The van der Waals surface area contributed by atoms with Gasteiger partial charge in [0.2, 0.25) is 0 Å². The summed E-state index contributed by atoms with van der Waals surface area (Å²) in [6.45, 7) is 4.37. The lowest BCUT2D eigenvalue weighted by molar-refractivity contribution is -0.129. The minimum Gasteiger partial charge on any atom is -0.478 e. The molecule has 20 heavy (non-hydrogen) atoms. The Morgan fingerprint density at radius 3 is 2.25 bits per heavy atom. The van der Waals surface area contributed by atoms with Crippen LogP contribution in [0.2, 0.25) is 0 Å². The normalized spacial score (nSPS) is 12.1. The topological polar surface area (TPSA) is 55.4 Å². The first-order valence-corrected chi connectivity index (χ1v) is 6.19. The van der Waals surface area contributed by atoms with E-state index in [2.05, 4.69) is 5.32 Å². The molecule has 1 rings (SSSR count). The van der Waals surface area contributed by atoms with Gasteiger partial charge < -0.3 is 10.1 Å². The van der Waals surface area contributed by atoms with E-state index in [0.29, 0.717) is 0 Å². The molecule has 1 aromatic rings. The van der Waals surface area contributed by atoms with Crippen molar-refractivity contribution < 1.29 is 23.1 Å². The van der Waals surface area contributed by atoms with Gasteiger partial charge in [0.15, 0.2) is 29.8 Å². The van der Waals surface area contributed by atoms with Crippen LogP contribution in [0.5, 0.6) is 5.75 Å². The minimum atomic E-state index is -0.884. The van der Waals surface area contributed by atoms with E-state index in [1.165, 1.54) is 13.0 Å². The van der Waals surface area contributed by atoms with Gasteiger partial charge in [-0.15, -0.1) is 0 Å². The molecule has 0 saturated carbocycles. The predicted molar refractivity (Wildman–Crippen MR) is 69.3 cm³/mol. The van der Waals surface area contributed by atoms with E-state index in [9.17, 15) is 18.4 Å². The molecular weight excluding hydrogens is 268 g/mol. The molecule has 110 valence electrons. The molecule has 1 unspecified atom stereocenters. The fourth-order valence-corrected chi connectivity index (χ4v) is 1.71. The summed E-state index contributed by atoms with van der Waals surface area (Å²) < 4.78 is 31.4. The molecule has 0 saturated heterocycles. The first-order chi connectivity index (χ1) is 9.32. The number of rotatable bonds is 6. The zero-order valence-electron chi connectivity index (χ0n) is 11.6. The number of hydrogen-bond donors (Lipinski definition) is 1. The number of halogens is 2. The van der Waals surface area contributed by atoms with E-state index in [-0.39, 0.29) is 11.7 Å². The van der Waals surface area contributed by atoms with E-state index >= 15 is 0 Å². The van der Waals surface area contributed by atoms with E-state index in [4.69, 9.17) is 4.74 Å². The van der Waals surface area contributed by atoms with Crippen molar-refractivity contribution in [3.63, 3.8) is 0 Å². The van der Waals surface area contributed by atoms with Crippen molar-refractivity contribution in [1.82, 2.24) is 5.32 Å². The van der Waals surface area contributed by atoms with Gasteiger partial charge >= 0.3 is 0 Å². The third-order valence-electron chi connectivity index (χ3n) is 2.69. The highest BCUT2D eigenvalue weighted by molar-refractivity contribution is 5.88. The first kappa shape index (κ1) is 16.1. The van der Waals surface area contributed by atoms with Gasteiger partial charge in [-0.3, -0.25) is 9.59 Å². The second kappa shape index (κ2) is 6.98. The summed E-state index contributed by atoms with van der Waals surface area (Å²) in [7, 11) is 0. The highest BCUT2D eigenvalue weighted by Gasteiger charge is 2.21. The number of carbonyl (C=O) groups excluding carboxylic acids is 2. The summed E-state index contributed by atoms with van der Waals surface area (Å²) in [6.07, 6.45) is 0. The number of nitrogens with one attached hydrogen (secondary N) is 1. The third kappa shape index (κ3) is 4.29. The number of benzene rings is 1. The molecule has 1 amide bonds. The molecule has 0 bridgehead atoms. The quantitative estimate of drug-likeness (QED) is 0.870. The molecule has 0 aromatic heterocycles. The Morgan fingerprint density at radius 1 is 1.25 bits per heavy atom. The Hall–Kier alpha value is -1.98.